The van der Waals surface area contributed by atoms with Crippen LogP contribution in [0.1, 0.15) is 0 Å². The van der Waals surface area contributed by atoms with Gasteiger partial charge in [-0.15, -0.1) is 11.8 Å². The van der Waals surface area contributed by atoms with E-state index in [-0.39, 0.29) is 0 Å². The van der Waals surface area contributed by atoms with E-state index < -0.39 is 0 Å². The fourth-order valence-electron chi connectivity index (χ4n) is 1.17. The first-order valence-electron chi connectivity index (χ1n) is 4.81. The van der Waals surface area contributed by atoms with Crippen LogP contribution in [0, 0.1) is 0 Å². The molecule has 1 aromatic carbocycles. The molecular formula is C11H16BrNOS. The van der Waals surface area contributed by atoms with Gasteiger partial charge >= 0.3 is 0 Å². The molecule has 0 aromatic heterocycles. The van der Waals surface area contributed by atoms with Crippen molar-refractivity contribution in [3.8, 4) is 0 Å². The molecule has 0 saturated heterocycles. The number of thioether (sulfide) groups is 1. The van der Waals surface area contributed by atoms with Crippen molar-refractivity contribution >= 4 is 27.7 Å². The summed E-state index contributed by atoms with van der Waals surface area (Å²) in [6, 6.07) is 8.74. The maximum absolute atomic E-state index is 5.12. The fraction of sp³-hybridized carbons (Fsp3) is 0.455. The van der Waals surface area contributed by atoms with E-state index >= 15 is 0 Å². The van der Waals surface area contributed by atoms with Crippen molar-refractivity contribution in [2.45, 2.75) is 10.9 Å². The van der Waals surface area contributed by atoms with Gasteiger partial charge < -0.3 is 10.1 Å². The van der Waals surface area contributed by atoms with Gasteiger partial charge in [0.05, 0.1) is 6.61 Å². The van der Waals surface area contributed by atoms with Gasteiger partial charge in [-0.3, -0.25) is 0 Å². The van der Waals surface area contributed by atoms with Crippen LogP contribution >= 0.6 is 27.7 Å². The number of methoxy groups -OCH3 is 1. The van der Waals surface area contributed by atoms with Crippen LogP contribution in [0.3, 0.4) is 0 Å². The van der Waals surface area contributed by atoms with Crippen LogP contribution in [0.2, 0.25) is 0 Å². The second-order valence-corrected chi connectivity index (χ2v) is 5.22. The molecule has 0 aliphatic heterocycles. The summed E-state index contributed by atoms with van der Waals surface area (Å²) in [4.78, 5) is 1.28. The Bertz CT molecular complexity index is 296. The van der Waals surface area contributed by atoms with Crippen molar-refractivity contribution in [1.82, 2.24) is 5.32 Å². The van der Waals surface area contributed by atoms with E-state index in [9.17, 15) is 0 Å². The van der Waals surface area contributed by atoms with Gasteiger partial charge in [0.25, 0.3) is 0 Å². The molecule has 1 N–H and O–H groups in total. The number of rotatable bonds is 6. The Hall–Kier alpha value is -0.0300. The summed E-state index contributed by atoms with van der Waals surface area (Å²) in [5, 5.41) is 3.23. The molecule has 0 heterocycles. The number of nitrogens with one attached hydrogen (secondary N) is 1. The Morgan fingerprint density at radius 2 is 2.33 bits per heavy atom. The predicted octanol–water partition coefficient (Wildman–Crippen LogP) is 2.78. The lowest BCUT2D eigenvalue weighted by atomic mass is 10.4. The standard InChI is InChI=1S/C11H16BrNOS/c1-13-10(7-14-2)8-15-11-5-3-4-9(12)6-11/h3-6,10,13H,7-8H2,1-2H3. The van der Waals surface area contributed by atoms with Crippen LogP contribution in [0.15, 0.2) is 33.6 Å². The summed E-state index contributed by atoms with van der Waals surface area (Å²) in [7, 11) is 3.69. The summed E-state index contributed by atoms with van der Waals surface area (Å²) in [6.07, 6.45) is 0. The SMILES string of the molecule is CNC(COC)CSc1cccc(Br)c1. The molecule has 1 aromatic rings. The van der Waals surface area contributed by atoms with Crippen LogP contribution in [-0.2, 0) is 4.74 Å². The Morgan fingerprint density at radius 3 is 2.93 bits per heavy atom. The zero-order chi connectivity index (χ0) is 11.1. The molecule has 0 radical (unpaired) electrons. The van der Waals surface area contributed by atoms with Crippen LogP contribution in [-0.4, -0.2) is 32.6 Å². The second kappa shape index (κ2) is 7.28. The molecule has 0 fully saturated rings. The average molecular weight is 290 g/mol. The number of benzene rings is 1. The first kappa shape index (κ1) is 13.0. The first-order chi connectivity index (χ1) is 7.26. The first-order valence-corrected chi connectivity index (χ1v) is 6.58. The van der Waals surface area contributed by atoms with E-state index in [0.29, 0.717) is 6.04 Å². The van der Waals surface area contributed by atoms with Crippen LogP contribution in [0.25, 0.3) is 0 Å². The quantitative estimate of drug-likeness (QED) is 0.814. The minimum absolute atomic E-state index is 0.402. The molecule has 84 valence electrons. The smallest absolute Gasteiger partial charge is 0.0623 e. The maximum atomic E-state index is 5.12. The monoisotopic (exact) mass is 289 g/mol. The van der Waals surface area contributed by atoms with E-state index in [0.717, 1.165) is 16.8 Å². The molecule has 1 atom stereocenters. The average Bonchev–Trinajstić information content (AvgIpc) is 2.24. The Morgan fingerprint density at radius 1 is 1.53 bits per heavy atom. The summed E-state index contributed by atoms with van der Waals surface area (Å²) >= 11 is 5.30. The zero-order valence-electron chi connectivity index (χ0n) is 9.00. The van der Waals surface area contributed by atoms with E-state index in [1.165, 1.54) is 4.90 Å². The minimum atomic E-state index is 0.402. The predicted molar refractivity (Wildman–Crippen MR) is 69.6 cm³/mol. The molecule has 0 amide bonds. The lowest BCUT2D eigenvalue weighted by molar-refractivity contribution is 0.177. The summed E-state index contributed by atoms with van der Waals surface area (Å²) in [5.74, 6) is 1.01. The van der Waals surface area contributed by atoms with Crippen molar-refractivity contribution in [2.24, 2.45) is 0 Å². The number of ether oxygens (including phenoxy) is 1. The topological polar surface area (TPSA) is 21.3 Å². The number of halogens is 1. The zero-order valence-corrected chi connectivity index (χ0v) is 11.4. The minimum Gasteiger partial charge on any atom is -0.383 e. The molecule has 0 aliphatic rings. The van der Waals surface area contributed by atoms with Gasteiger partial charge in [0.1, 0.15) is 0 Å². The van der Waals surface area contributed by atoms with E-state index in [1.54, 1.807) is 7.11 Å². The van der Waals surface area contributed by atoms with Crippen molar-refractivity contribution in [3.05, 3.63) is 28.7 Å². The van der Waals surface area contributed by atoms with Crippen LogP contribution < -0.4 is 5.32 Å². The Kier molecular flexibility index (Phi) is 6.32. The van der Waals surface area contributed by atoms with Gasteiger partial charge in [-0.25, -0.2) is 0 Å². The van der Waals surface area contributed by atoms with Crippen molar-refractivity contribution in [3.63, 3.8) is 0 Å². The summed E-state index contributed by atoms with van der Waals surface area (Å²) in [5.41, 5.74) is 0. The summed E-state index contributed by atoms with van der Waals surface area (Å²) < 4.78 is 6.25. The van der Waals surface area contributed by atoms with Crippen LogP contribution in [0.4, 0.5) is 0 Å². The molecule has 1 rings (SSSR count). The van der Waals surface area contributed by atoms with E-state index in [4.69, 9.17) is 4.74 Å². The molecule has 0 aliphatic carbocycles. The second-order valence-electron chi connectivity index (χ2n) is 3.21. The Balaban J connectivity index is 2.41. The van der Waals surface area contributed by atoms with Crippen molar-refractivity contribution < 1.29 is 4.74 Å². The highest BCUT2D eigenvalue weighted by Gasteiger charge is 2.05. The molecule has 1 unspecified atom stereocenters. The third kappa shape index (κ3) is 5.02. The fourth-order valence-corrected chi connectivity index (χ4v) is 2.76. The van der Waals surface area contributed by atoms with Gasteiger partial charge in [0, 0.05) is 28.3 Å². The molecule has 4 heteroatoms. The Labute approximate surface area is 104 Å². The lowest BCUT2D eigenvalue weighted by Crippen LogP contribution is -2.32. The number of hydrogen-bond acceptors (Lipinski definition) is 3. The van der Waals surface area contributed by atoms with E-state index in [2.05, 4.69) is 39.4 Å². The van der Waals surface area contributed by atoms with Gasteiger partial charge in [0.15, 0.2) is 0 Å². The lowest BCUT2D eigenvalue weighted by Gasteiger charge is -2.14. The molecule has 0 spiro atoms. The van der Waals surface area contributed by atoms with Crippen molar-refractivity contribution in [1.29, 1.82) is 0 Å². The largest absolute Gasteiger partial charge is 0.383 e. The van der Waals surface area contributed by atoms with Gasteiger partial charge in [-0.05, 0) is 25.2 Å². The highest BCUT2D eigenvalue weighted by Crippen LogP contribution is 2.22. The molecule has 2 nitrogen and oxygen atoms in total. The number of hydrogen-bond donors (Lipinski definition) is 1. The molecule has 0 bridgehead atoms. The van der Waals surface area contributed by atoms with Crippen LogP contribution in [0.5, 0.6) is 0 Å². The summed E-state index contributed by atoms with van der Waals surface area (Å²) in [6.45, 7) is 0.748. The third-order valence-corrected chi connectivity index (χ3v) is 3.67. The third-order valence-electron chi connectivity index (χ3n) is 2.02. The van der Waals surface area contributed by atoms with Crippen molar-refractivity contribution in [2.75, 3.05) is 26.5 Å². The van der Waals surface area contributed by atoms with Gasteiger partial charge in [0.2, 0.25) is 0 Å². The normalized spacial score (nSPS) is 12.7. The molecule has 0 saturated carbocycles. The molecule has 15 heavy (non-hydrogen) atoms. The molecular weight excluding hydrogens is 274 g/mol. The van der Waals surface area contributed by atoms with Gasteiger partial charge in [-0.2, -0.15) is 0 Å². The van der Waals surface area contributed by atoms with Gasteiger partial charge in [-0.1, -0.05) is 22.0 Å². The maximum Gasteiger partial charge on any atom is 0.0623 e. The highest BCUT2D eigenvalue weighted by atomic mass is 79.9. The number of likely N-dealkylation sites (N-methyl/N-ethyl adjacent to an activating group) is 1. The van der Waals surface area contributed by atoms with E-state index in [1.807, 2.05) is 24.9 Å². The highest BCUT2D eigenvalue weighted by molar-refractivity contribution is 9.10.